The second kappa shape index (κ2) is 9.32. The average Bonchev–Trinajstić information content (AvgIpc) is 2.95. The van der Waals surface area contributed by atoms with Crippen molar-refractivity contribution >= 4 is 29.0 Å². The van der Waals surface area contributed by atoms with Crippen LogP contribution in [0.4, 0.5) is 11.4 Å². The van der Waals surface area contributed by atoms with Crippen molar-refractivity contribution in [2.75, 3.05) is 19.1 Å². The number of nitro groups is 1. The third-order valence-electron chi connectivity index (χ3n) is 5.35. The van der Waals surface area contributed by atoms with Crippen LogP contribution in [-0.4, -0.2) is 25.1 Å². The van der Waals surface area contributed by atoms with Crippen molar-refractivity contribution in [3.8, 4) is 11.5 Å². The first kappa shape index (κ1) is 21.7. The van der Waals surface area contributed by atoms with E-state index in [2.05, 4.69) is 0 Å². The van der Waals surface area contributed by atoms with Gasteiger partial charge in [0.2, 0.25) is 5.91 Å². The van der Waals surface area contributed by atoms with Crippen LogP contribution in [0.2, 0.25) is 0 Å². The number of para-hydroxylation sites is 1. The molecule has 8 heteroatoms. The number of amides is 1. The molecule has 3 aromatic carbocycles. The largest absolute Gasteiger partial charge is 0.493 e. The molecule has 164 valence electrons. The van der Waals surface area contributed by atoms with Gasteiger partial charge in [-0.2, -0.15) is 0 Å². The number of thioether (sulfide) groups is 1. The molecule has 1 aliphatic heterocycles. The first-order valence-corrected chi connectivity index (χ1v) is 10.9. The van der Waals surface area contributed by atoms with Crippen LogP contribution in [0.25, 0.3) is 0 Å². The third-order valence-corrected chi connectivity index (χ3v) is 6.68. The Kier molecular flexibility index (Phi) is 6.32. The number of non-ortho nitro benzene ring substituents is 1. The highest BCUT2D eigenvalue weighted by Gasteiger charge is 2.30. The number of ether oxygens (including phenoxy) is 2. The SMILES string of the molecule is COc1ccc([C@H]2CC(=O)N(Cc3ccc([N+](=O)[O-])cc3)c3ccccc3S2)cc1OC. The lowest BCUT2D eigenvalue weighted by molar-refractivity contribution is -0.384. The fourth-order valence-electron chi connectivity index (χ4n) is 3.70. The molecule has 1 aliphatic rings. The quantitative estimate of drug-likeness (QED) is 0.370. The van der Waals surface area contributed by atoms with Gasteiger partial charge in [-0.05, 0) is 35.4 Å². The maximum Gasteiger partial charge on any atom is 0.269 e. The average molecular weight is 451 g/mol. The van der Waals surface area contributed by atoms with Crippen LogP contribution >= 0.6 is 11.8 Å². The van der Waals surface area contributed by atoms with Gasteiger partial charge in [-0.15, -0.1) is 11.8 Å². The second-order valence-electron chi connectivity index (χ2n) is 7.30. The maximum atomic E-state index is 13.4. The summed E-state index contributed by atoms with van der Waals surface area (Å²) in [6, 6.07) is 19.8. The van der Waals surface area contributed by atoms with Gasteiger partial charge < -0.3 is 14.4 Å². The van der Waals surface area contributed by atoms with Crippen LogP contribution in [0.3, 0.4) is 0 Å². The number of carbonyl (C=O) groups is 1. The van der Waals surface area contributed by atoms with Crippen molar-refractivity contribution < 1.29 is 19.2 Å². The number of rotatable bonds is 6. The molecule has 32 heavy (non-hydrogen) atoms. The number of nitrogens with zero attached hydrogens (tertiary/aromatic N) is 2. The monoisotopic (exact) mass is 450 g/mol. The molecule has 1 heterocycles. The van der Waals surface area contributed by atoms with Crippen molar-refractivity contribution in [3.63, 3.8) is 0 Å². The number of hydrogen-bond donors (Lipinski definition) is 0. The van der Waals surface area contributed by atoms with E-state index in [9.17, 15) is 14.9 Å². The molecule has 0 N–H and O–H groups in total. The summed E-state index contributed by atoms with van der Waals surface area (Å²) in [5.74, 6) is 1.25. The molecule has 0 unspecified atom stereocenters. The number of carbonyl (C=O) groups excluding carboxylic acids is 1. The first-order valence-electron chi connectivity index (χ1n) is 10.0. The van der Waals surface area contributed by atoms with Gasteiger partial charge in [0, 0.05) is 28.7 Å². The van der Waals surface area contributed by atoms with E-state index >= 15 is 0 Å². The van der Waals surface area contributed by atoms with Crippen molar-refractivity contribution in [1.82, 2.24) is 0 Å². The third kappa shape index (κ3) is 4.40. The normalized spacial score (nSPS) is 15.6. The summed E-state index contributed by atoms with van der Waals surface area (Å²) in [5, 5.41) is 10.8. The molecular formula is C24H22N2O5S. The molecule has 0 spiro atoms. The second-order valence-corrected chi connectivity index (χ2v) is 8.54. The van der Waals surface area contributed by atoms with E-state index in [1.165, 1.54) is 12.1 Å². The highest BCUT2D eigenvalue weighted by Crippen LogP contribution is 2.47. The zero-order chi connectivity index (χ0) is 22.7. The minimum Gasteiger partial charge on any atom is -0.493 e. The smallest absolute Gasteiger partial charge is 0.269 e. The number of hydrogen-bond acceptors (Lipinski definition) is 6. The molecule has 7 nitrogen and oxygen atoms in total. The van der Waals surface area contributed by atoms with E-state index in [-0.39, 0.29) is 16.8 Å². The topological polar surface area (TPSA) is 81.9 Å². The standard InChI is InChI=1S/C24H22N2O5S/c1-30-20-12-9-17(13-21(20)31-2)23-14-24(27)25(19-5-3-4-6-22(19)32-23)15-16-7-10-18(11-8-16)26(28)29/h3-13,23H,14-15H2,1-2H3/t23-/m1/s1. The predicted molar refractivity (Wildman–Crippen MR) is 123 cm³/mol. The summed E-state index contributed by atoms with van der Waals surface area (Å²) in [6.07, 6.45) is 0.307. The van der Waals surface area contributed by atoms with E-state index in [4.69, 9.17) is 9.47 Å². The Morgan fingerprint density at radius 2 is 1.75 bits per heavy atom. The zero-order valence-electron chi connectivity index (χ0n) is 17.7. The molecule has 0 saturated carbocycles. The molecule has 0 saturated heterocycles. The fraction of sp³-hybridized carbons (Fsp3) is 0.208. The highest BCUT2D eigenvalue weighted by molar-refractivity contribution is 7.99. The van der Waals surface area contributed by atoms with Crippen molar-refractivity contribution in [1.29, 1.82) is 0 Å². The molecule has 4 rings (SSSR count). The summed E-state index contributed by atoms with van der Waals surface area (Å²) in [5.41, 5.74) is 2.67. The van der Waals surface area contributed by atoms with Crippen LogP contribution in [0.1, 0.15) is 22.8 Å². The summed E-state index contributed by atoms with van der Waals surface area (Å²) >= 11 is 1.64. The van der Waals surface area contributed by atoms with Gasteiger partial charge in [0.25, 0.3) is 5.69 Å². The lowest BCUT2D eigenvalue weighted by Crippen LogP contribution is -2.30. The molecule has 0 radical (unpaired) electrons. The Morgan fingerprint density at radius 3 is 2.44 bits per heavy atom. The molecule has 0 bridgehead atoms. The molecule has 3 aromatic rings. The fourth-order valence-corrected chi connectivity index (χ4v) is 4.97. The number of nitro benzene ring substituents is 1. The Bertz CT molecular complexity index is 1150. The lowest BCUT2D eigenvalue weighted by Gasteiger charge is -2.22. The van der Waals surface area contributed by atoms with Crippen molar-refractivity contribution in [2.45, 2.75) is 23.1 Å². The van der Waals surface area contributed by atoms with Gasteiger partial charge in [0.1, 0.15) is 0 Å². The minimum absolute atomic E-state index is 0.0133. The van der Waals surface area contributed by atoms with Crippen LogP contribution in [0.5, 0.6) is 11.5 Å². The highest BCUT2D eigenvalue weighted by atomic mass is 32.2. The number of fused-ring (bicyclic) bond motifs is 1. The van der Waals surface area contributed by atoms with Gasteiger partial charge >= 0.3 is 0 Å². The van der Waals surface area contributed by atoms with Crippen LogP contribution in [0.15, 0.2) is 71.6 Å². The number of methoxy groups -OCH3 is 2. The minimum atomic E-state index is -0.430. The van der Waals surface area contributed by atoms with Crippen molar-refractivity contribution in [3.05, 3.63) is 88.0 Å². The van der Waals surface area contributed by atoms with Crippen molar-refractivity contribution in [2.24, 2.45) is 0 Å². The predicted octanol–water partition coefficient (Wildman–Crippen LogP) is 5.38. The van der Waals surface area contributed by atoms with E-state index in [1.54, 1.807) is 43.0 Å². The maximum absolute atomic E-state index is 13.4. The summed E-state index contributed by atoms with van der Waals surface area (Å²) in [4.78, 5) is 26.6. The lowest BCUT2D eigenvalue weighted by atomic mass is 10.1. The Labute approximate surface area is 190 Å². The van der Waals surface area contributed by atoms with E-state index < -0.39 is 4.92 Å². The molecule has 0 aliphatic carbocycles. The Hall–Kier alpha value is -3.52. The molecule has 1 atom stereocenters. The molecule has 0 aromatic heterocycles. The Morgan fingerprint density at radius 1 is 1.03 bits per heavy atom. The Balaban J connectivity index is 1.66. The summed E-state index contributed by atoms with van der Waals surface area (Å²) < 4.78 is 10.8. The van der Waals surface area contributed by atoms with Gasteiger partial charge in [-0.1, -0.05) is 30.3 Å². The summed E-state index contributed by atoms with van der Waals surface area (Å²) in [7, 11) is 3.18. The van der Waals surface area contributed by atoms with E-state index in [0.29, 0.717) is 24.5 Å². The van der Waals surface area contributed by atoms with Crippen LogP contribution < -0.4 is 14.4 Å². The van der Waals surface area contributed by atoms with Gasteiger partial charge in [0.15, 0.2) is 11.5 Å². The number of benzene rings is 3. The zero-order valence-corrected chi connectivity index (χ0v) is 18.5. The number of anilines is 1. The molecular weight excluding hydrogens is 428 g/mol. The van der Waals surface area contributed by atoms with Gasteiger partial charge in [-0.3, -0.25) is 14.9 Å². The first-order chi connectivity index (χ1) is 15.5. The van der Waals surface area contributed by atoms with E-state index in [1.807, 2.05) is 42.5 Å². The van der Waals surface area contributed by atoms with Crippen LogP contribution in [-0.2, 0) is 11.3 Å². The summed E-state index contributed by atoms with van der Waals surface area (Å²) in [6.45, 7) is 0.340. The van der Waals surface area contributed by atoms with Gasteiger partial charge in [0.05, 0.1) is 31.4 Å². The molecule has 1 amide bonds. The van der Waals surface area contributed by atoms with Gasteiger partial charge in [-0.25, -0.2) is 0 Å². The molecule has 0 fully saturated rings. The van der Waals surface area contributed by atoms with Crippen LogP contribution in [0, 0.1) is 10.1 Å². The van der Waals surface area contributed by atoms with E-state index in [0.717, 1.165) is 21.7 Å².